The zero-order valence-electron chi connectivity index (χ0n) is 17.9. The van der Waals surface area contributed by atoms with Crippen molar-refractivity contribution in [2.45, 2.75) is 20.4 Å². The van der Waals surface area contributed by atoms with Gasteiger partial charge in [-0.25, -0.2) is 4.98 Å². The van der Waals surface area contributed by atoms with Crippen LogP contribution in [0.15, 0.2) is 36.5 Å². The molecule has 0 saturated carbocycles. The summed E-state index contributed by atoms with van der Waals surface area (Å²) >= 11 is 0. The zero-order valence-corrected chi connectivity index (χ0v) is 17.9. The Morgan fingerprint density at radius 3 is 2.53 bits per heavy atom. The number of piperazine rings is 1. The molecule has 0 aliphatic carbocycles. The summed E-state index contributed by atoms with van der Waals surface area (Å²) in [6.07, 6.45) is 1.52. The fraction of sp³-hybridized carbons (Fsp3) is 0.455. The average Bonchev–Trinajstić information content (AvgIpc) is 2.75. The van der Waals surface area contributed by atoms with Crippen LogP contribution in [0.5, 0.6) is 0 Å². The number of hydrogen-bond acceptors (Lipinski definition) is 7. The molecule has 158 valence electrons. The maximum Gasteiger partial charge on any atom is 0.269 e. The van der Waals surface area contributed by atoms with Gasteiger partial charge in [0.25, 0.3) is 5.91 Å². The Balaban J connectivity index is 1.65. The number of rotatable bonds is 7. The highest BCUT2D eigenvalue weighted by Gasteiger charge is 2.17. The third kappa shape index (κ3) is 5.99. The smallest absolute Gasteiger partial charge is 0.269 e. The molecule has 1 aliphatic rings. The molecule has 1 N–H and O–H groups in total. The van der Waals surface area contributed by atoms with Crippen molar-refractivity contribution >= 4 is 11.7 Å². The van der Waals surface area contributed by atoms with E-state index in [1.54, 1.807) is 11.1 Å². The van der Waals surface area contributed by atoms with Crippen molar-refractivity contribution in [2.75, 3.05) is 44.8 Å². The minimum absolute atomic E-state index is 0.0729. The highest BCUT2D eigenvalue weighted by Crippen LogP contribution is 2.13. The number of hydrogen-bond donors (Lipinski definition) is 1. The Morgan fingerprint density at radius 2 is 1.90 bits per heavy atom. The third-order valence-corrected chi connectivity index (χ3v) is 5.02. The Bertz CT molecular complexity index is 883. The SMILES string of the molecule is CC(C)CN(NC(=O)c1ccc(CN2CCN(C)CC2)cc1)c1ccnc(C#N)n1. The highest BCUT2D eigenvalue weighted by molar-refractivity contribution is 5.95. The number of anilines is 1. The van der Waals surface area contributed by atoms with Gasteiger partial charge in [0.05, 0.1) is 0 Å². The fourth-order valence-corrected chi connectivity index (χ4v) is 3.33. The van der Waals surface area contributed by atoms with Crippen LogP contribution in [0.1, 0.15) is 35.6 Å². The number of nitrogens with zero attached hydrogens (tertiary/aromatic N) is 6. The van der Waals surface area contributed by atoms with Gasteiger partial charge in [-0.3, -0.25) is 20.1 Å². The lowest BCUT2D eigenvalue weighted by molar-refractivity contribution is 0.0947. The van der Waals surface area contributed by atoms with Gasteiger partial charge < -0.3 is 4.90 Å². The quantitative estimate of drug-likeness (QED) is 0.701. The number of nitriles is 1. The molecule has 1 aliphatic heterocycles. The van der Waals surface area contributed by atoms with Crippen molar-refractivity contribution in [3.63, 3.8) is 0 Å². The molecule has 2 aromatic rings. The molecule has 1 aromatic heterocycles. The Morgan fingerprint density at radius 1 is 1.20 bits per heavy atom. The van der Waals surface area contributed by atoms with E-state index in [4.69, 9.17) is 5.26 Å². The molecular formula is C22H29N7O. The van der Waals surface area contributed by atoms with E-state index in [2.05, 4.69) is 46.1 Å². The standard InChI is InChI=1S/C22H29N7O/c1-17(2)15-29(21-8-9-24-20(14-23)25-21)26-22(30)19-6-4-18(5-7-19)16-28-12-10-27(3)11-13-28/h4-9,17H,10-13,15-16H2,1-3H3,(H,26,30). The average molecular weight is 408 g/mol. The molecule has 1 fully saturated rings. The molecule has 30 heavy (non-hydrogen) atoms. The number of hydrazine groups is 1. The molecule has 8 heteroatoms. The first-order valence-electron chi connectivity index (χ1n) is 10.3. The molecule has 1 saturated heterocycles. The van der Waals surface area contributed by atoms with E-state index in [1.807, 2.05) is 30.3 Å². The molecule has 0 spiro atoms. The van der Waals surface area contributed by atoms with E-state index in [9.17, 15) is 4.79 Å². The topological polar surface area (TPSA) is 88.4 Å². The monoisotopic (exact) mass is 407 g/mol. The van der Waals surface area contributed by atoms with Crippen LogP contribution in [0.2, 0.25) is 0 Å². The maximum atomic E-state index is 12.8. The minimum Gasteiger partial charge on any atom is -0.304 e. The largest absolute Gasteiger partial charge is 0.304 e. The fourth-order valence-electron chi connectivity index (χ4n) is 3.33. The second-order valence-corrected chi connectivity index (χ2v) is 8.07. The number of aromatic nitrogens is 2. The van der Waals surface area contributed by atoms with Gasteiger partial charge in [0.2, 0.25) is 5.82 Å². The first-order chi connectivity index (χ1) is 14.4. The van der Waals surface area contributed by atoms with E-state index >= 15 is 0 Å². The molecule has 2 heterocycles. The Hall–Kier alpha value is -3.02. The number of benzene rings is 1. The van der Waals surface area contributed by atoms with Gasteiger partial charge in [-0.1, -0.05) is 26.0 Å². The highest BCUT2D eigenvalue weighted by atomic mass is 16.2. The van der Waals surface area contributed by atoms with Gasteiger partial charge in [0.15, 0.2) is 5.82 Å². The lowest BCUT2D eigenvalue weighted by Gasteiger charge is -2.32. The zero-order chi connectivity index (χ0) is 21.5. The molecule has 8 nitrogen and oxygen atoms in total. The van der Waals surface area contributed by atoms with Crippen molar-refractivity contribution in [3.8, 4) is 6.07 Å². The van der Waals surface area contributed by atoms with Crippen LogP contribution in [0.25, 0.3) is 0 Å². The summed E-state index contributed by atoms with van der Waals surface area (Å²) in [4.78, 5) is 25.7. The van der Waals surface area contributed by atoms with Crippen LogP contribution in [-0.4, -0.2) is 65.4 Å². The summed E-state index contributed by atoms with van der Waals surface area (Å²) in [6.45, 7) is 9.87. The van der Waals surface area contributed by atoms with Gasteiger partial charge in [-0.15, -0.1) is 0 Å². The summed E-state index contributed by atoms with van der Waals surface area (Å²) in [7, 11) is 2.15. The van der Waals surface area contributed by atoms with E-state index in [1.165, 1.54) is 11.8 Å². The predicted octanol–water partition coefficient (Wildman–Crippen LogP) is 1.90. The number of amides is 1. The summed E-state index contributed by atoms with van der Waals surface area (Å²) < 4.78 is 0. The van der Waals surface area contributed by atoms with Crippen molar-refractivity contribution in [1.29, 1.82) is 5.26 Å². The van der Waals surface area contributed by atoms with E-state index in [-0.39, 0.29) is 17.6 Å². The third-order valence-electron chi connectivity index (χ3n) is 5.02. The van der Waals surface area contributed by atoms with E-state index < -0.39 is 0 Å². The first kappa shape index (κ1) is 21.7. The van der Waals surface area contributed by atoms with Crippen LogP contribution in [0, 0.1) is 17.2 Å². The number of nitrogens with one attached hydrogen (secondary N) is 1. The Kier molecular flexibility index (Phi) is 7.33. The molecule has 0 atom stereocenters. The van der Waals surface area contributed by atoms with Gasteiger partial charge >= 0.3 is 0 Å². The van der Waals surface area contributed by atoms with Crippen LogP contribution in [0.4, 0.5) is 5.82 Å². The predicted molar refractivity (Wildman–Crippen MR) is 116 cm³/mol. The van der Waals surface area contributed by atoms with Crippen molar-refractivity contribution in [3.05, 3.63) is 53.5 Å². The molecule has 0 unspecified atom stereocenters. The number of carbonyl (C=O) groups is 1. The van der Waals surface area contributed by atoms with Crippen molar-refractivity contribution in [1.82, 2.24) is 25.2 Å². The van der Waals surface area contributed by atoms with Crippen molar-refractivity contribution < 1.29 is 4.79 Å². The Labute approximate surface area is 178 Å². The van der Waals surface area contributed by atoms with Crippen LogP contribution in [0.3, 0.4) is 0 Å². The van der Waals surface area contributed by atoms with Crippen LogP contribution < -0.4 is 10.4 Å². The van der Waals surface area contributed by atoms with E-state index in [0.717, 1.165) is 32.7 Å². The molecular weight excluding hydrogens is 378 g/mol. The molecule has 3 rings (SSSR count). The van der Waals surface area contributed by atoms with Gasteiger partial charge in [0.1, 0.15) is 6.07 Å². The van der Waals surface area contributed by atoms with E-state index in [0.29, 0.717) is 17.9 Å². The molecule has 0 radical (unpaired) electrons. The van der Waals surface area contributed by atoms with Crippen LogP contribution in [-0.2, 0) is 6.54 Å². The van der Waals surface area contributed by atoms with Gasteiger partial charge in [-0.05, 0) is 30.7 Å². The summed E-state index contributed by atoms with van der Waals surface area (Å²) in [5.41, 5.74) is 4.70. The van der Waals surface area contributed by atoms with Crippen LogP contribution >= 0.6 is 0 Å². The van der Waals surface area contributed by atoms with Gasteiger partial charge in [0, 0.05) is 57.1 Å². The second kappa shape index (κ2) is 10.1. The summed E-state index contributed by atoms with van der Waals surface area (Å²) in [5.74, 6) is 0.648. The second-order valence-electron chi connectivity index (χ2n) is 8.07. The molecule has 1 amide bonds. The molecule has 0 bridgehead atoms. The number of carbonyl (C=O) groups excluding carboxylic acids is 1. The van der Waals surface area contributed by atoms with Crippen molar-refractivity contribution in [2.24, 2.45) is 5.92 Å². The lowest BCUT2D eigenvalue weighted by Crippen LogP contribution is -2.45. The number of likely N-dealkylation sites (N-methyl/N-ethyl adjacent to an activating group) is 1. The summed E-state index contributed by atoms with van der Waals surface area (Å²) in [5, 5.41) is 10.7. The lowest BCUT2D eigenvalue weighted by atomic mass is 10.1. The molecule has 1 aromatic carbocycles. The first-order valence-corrected chi connectivity index (χ1v) is 10.3. The van der Waals surface area contributed by atoms with Gasteiger partial charge in [-0.2, -0.15) is 10.2 Å². The normalized spacial score (nSPS) is 15.0. The maximum absolute atomic E-state index is 12.8. The summed E-state index contributed by atoms with van der Waals surface area (Å²) in [6, 6.07) is 11.4. The minimum atomic E-state index is -0.209.